The van der Waals surface area contributed by atoms with E-state index in [1.165, 1.54) is 0 Å². The summed E-state index contributed by atoms with van der Waals surface area (Å²) < 4.78 is 10.9. The van der Waals surface area contributed by atoms with Crippen LogP contribution in [0.4, 0.5) is 0 Å². The number of alkyl halides is 1. The van der Waals surface area contributed by atoms with E-state index >= 15 is 0 Å². The van der Waals surface area contributed by atoms with Crippen LogP contribution in [0.2, 0.25) is 0 Å². The second-order valence-electron chi connectivity index (χ2n) is 4.32. The summed E-state index contributed by atoms with van der Waals surface area (Å²) in [5.41, 5.74) is -0.0536. The molecule has 0 bridgehead atoms. The summed E-state index contributed by atoms with van der Waals surface area (Å²) in [4.78, 5) is 0. The Labute approximate surface area is 92.9 Å². The van der Waals surface area contributed by atoms with E-state index < -0.39 is 0 Å². The van der Waals surface area contributed by atoms with Crippen LogP contribution in [0.15, 0.2) is 0 Å². The highest BCUT2D eigenvalue weighted by Gasteiger charge is 2.08. The van der Waals surface area contributed by atoms with Gasteiger partial charge in [0.15, 0.2) is 0 Å². The van der Waals surface area contributed by atoms with E-state index in [0.29, 0.717) is 13.2 Å². The largest absolute Gasteiger partial charge is 0.379 e. The van der Waals surface area contributed by atoms with Crippen LogP contribution in [0.3, 0.4) is 0 Å². The van der Waals surface area contributed by atoms with Crippen molar-refractivity contribution in [2.24, 2.45) is 0 Å². The minimum absolute atomic E-state index is 0.0536. The van der Waals surface area contributed by atoms with Gasteiger partial charge in [-0.05, 0) is 40.0 Å². The molecule has 0 atom stereocenters. The highest BCUT2D eigenvalue weighted by atomic mass is 35.5. The van der Waals surface area contributed by atoms with Crippen molar-refractivity contribution in [2.75, 3.05) is 25.7 Å². The lowest BCUT2D eigenvalue weighted by atomic mass is 10.2. The fourth-order valence-corrected chi connectivity index (χ4v) is 1.17. The molecule has 0 radical (unpaired) electrons. The molecule has 86 valence electrons. The van der Waals surface area contributed by atoms with Gasteiger partial charge in [-0.3, -0.25) is 0 Å². The lowest BCUT2D eigenvalue weighted by molar-refractivity contribution is -0.0351. The predicted octanol–water partition coefficient (Wildman–Crippen LogP) is 3.23. The summed E-state index contributed by atoms with van der Waals surface area (Å²) >= 11 is 5.55. The first kappa shape index (κ1) is 14.2. The molecule has 0 heterocycles. The summed E-state index contributed by atoms with van der Waals surface area (Å²) in [6, 6.07) is 0. The average molecular weight is 223 g/mol. The second-order valence-corrected chi connectivity index (χ2v) is 4.70. The van der Waals surface area contributed by atoms with E-state index in [2.05, 4.69) is 0 Å². The highest BCUT2D eigenvalue weighted by molar-refractivity contribution is 6.17. The molecular formula is C11H23ClO2. The number of halogens is 1. The van der Waals surface area contributed by atoms with Crippen molar-refractivity contribution >= 4 is 11.6 Å². The first-order chi connectivity index (χ1) is 6.56. The zero-order valence-electron chi connectivity index (χ0n) is 9.64. The molecule has 0 aliphatic heterocycles. The Balaban J connectivity index is 2.99. The number of unbranched alkanes of at least 4 members (excludes halogenated alkanes) is 2. The van der Waals surface area contributed by atoms with Crippen molar-refractivity contribution in [2.45, 2.75) is 45.6 Å². The molecule has 0 N–H and O–H groups in total. The third-order valence-corrected chi connectivity index (χ3v) is 1.95. The fraction of sp³-hybridized carbons (Fsp3) is 1.00. The molecule has 0 aliphatic rings. The Hall–Kier alpha value is 0.210. The van der Waals surface area contributed by atoms with Gasteiger partial charge in [-0.15, -0.1) is 11.6 Å². The molecule has 14 heavy (non-hydrogen) atoms. The summed E-state index contributed by atoms with van der Waals surface area (Å²) in [5, 5.41) is 0. The van der Waals surface area contributed by atoms with Crippen molar-refractivity contribution in [1.82, 2.24) is 0 Å². The van der Waals surface area contributed by atoms with Gasteiger partial charge in [0.05, 0.1) is 18.8 Å². The summed E-state index contributed by atoms with van der Waals surface area (Å²) in [6.07, 6.45) is 3.34. The molecule has 0 spiro atoms. The first-order valence-corrected chi connectivity index (χ1v) is 5.87. The van der Waals surface area contributed by atoms with Gasteiger partial charge in [0.25, 0.3) is 0 Å². The molecule has 0 aromatic carbocycles. The molecule has 3 heteroatoms. The van der Waals surface area contributed by atoms with Gasteiger partial charge in [0.2, 0.25) is 0 Å². The molecule has 0 aromatic heterocycles. The smallest absolute Gasteiger partial charge is 0.0707 e. The normalized spacial score (nSPS) is 12.0. The Bertz CT molecular complexity index is 121. The lowest BCUT2D eigenvalue weighted by Crippen LogP contribution is -2.21. The van der Waals surface area contributed by atoms with E-state index in [4.69, 9.17) is 21.1 Å². The minimum Gasteiger partial charge on any atom is -0.379 e. The zero-order valence-corrected chi connectivity index (χ0v) is 10.4. The monoisotopic (exact) mass is 222 g/mol. The van der Waals surface area contributed by atoms with E-state index in [-0.39, 0.29) is 5.60 Å². The van der Waals surface area contributed by atoms with Crippen LogP contribution in [-0.2, 0) is 9.47 Å². The van der Waals surface area contributed by atoms with Gasteiger partial charge in [-0.2, -0.15) is 0 Å². The maximum Gasteiger partial charge on any atom is 0.0707 e. The van der Waals surface area contributed by atoms with Gasteiger partial charge in [-0.1, -0.05) is 0 Å². The average Bonchev–Trinajstić information content (AvgIpc) is 2.08. The molecule has 0 aromatic rings. The fourth-order valence-electron chi connectivity index (χ4n) is 0.984. The van der Waals surface area contributed by atoms with Crippen LogP contribution < -0.4 is 0 Å². The first-order valence-electron chi connectivity index (χ1n) is 5.34. The van der Waals surface area contributed by atoms with Gasteiger partial charge in [0.1, 0.15) is 0 Å². The van der Waals surface area contributed by atoms with Crippen molar-refractivity contribution in [1.29, 1.82) is 0 Å². The Morgan fingerprint density at radius 3 is 2.21 bits per heavy atom. The topological polar surface area (TPSA) is 18.5 Å². The molecule has 0 fully saturated rings. The Kier molecular flexibility index (Phi) is 8.64. The van der Waals surface area contributed by atoms with E-state index in [1.54, 1.807) is 0 Å². The van der Waals surface area contributed by atoms with Gasteiger partial charge < -0.3 is 9.47 Å². The minimum atomic E-state index is -0.0536. The predicted molar refractivity (Wildman–Crippen MR) is 61.1 cm³/mol. The summed E-state index contributed by atoms with van der Waals surface area (Å²) in [7, 11) is 0. The maximum absolute atomic E-state index is 5.55. The SMILES string of the molecule is CC(C)(C)OCCOCCCCCCl. The zero-order chi connectivity index (χ0) is 10.9. The molecule has 0 unspecified atom stereocenters. The van der Waals surface area contributed by atoms with Crippen molar-refractivity contribution in [3.8, 4) is 0 Å². The highest BCUT2D eigenvalue weighted by Crippen LogP contribution is 2.05. The standard InChI is InChI=1S/C11H23ClO2/c1-11(2,3)14-10-9-13-8-6-4-5-7-12/h4-10H2,1-3H3. The van der Waals surface area contributed by atoms with Crippen LogP contribution in [-0.4, -0.2) is 31.3 Å². The molecule has 0 rings (SSSR count). The number of hydrogen-bond donors (Lipinski definition) is 0. The summed E-state index contributed by atoms with van der Waals surface area (Å²) in [6.45, 7) is 8.34. The van der Waals surface area contributed by atoms with Gasteiger partial charge in [-0.25, -0.2) is 0 Å². The molecule has 2 nitrogen and oxygen atoms in total. The number of hydrogen-bond acceptors (Lipinski definition) is 2. The number of ether oxygens (including phenoxy) is 2. The van der Waals surface area contributed by atoms with E-state index in [9.17, 15) is 0 Å². The molecule has 0 aliphatic carbocycles. The third-order valence-electron chi connectivity index (χ3n) is 1.69. The molecule has 0 saturated carbocycles. The van der Waals surface area contributed by atoms with Crippen molar-refractivity contribution in [3.05, 3.63) is 0 Å². The van der Waals surface area contributed by atoms with Crippen molar-refractivity contribution in [3.63, 3.8) is 0 Å². The number of rotatable bonds is 8. The van der Waals surface area contributed by atoms with Crippen LogP contribution in [0.1, 0.15) is 40.0 Å². The lowest BCUT2D eigenvalue weighted by Gasteiger charge is -2.19. The Morgan fingerprint density at radius 1 is 0.929 bits per heavy atom. The van der Waals surface area contributed by atoms with Gasteiger partial charge >= 0.3 is 0 Å². The third kappa shape index (κ3) is 12.2. The second kappa shape index (κ2) is 8.51. The Morgan fingerprint density at radius 2 is 1.64 bits per heavy atom. The summed E-state index contributed by atoms with van der Waals surface area (Å²) in [5.74, 6) is 0.757. The molecule has 0 amide bonds. The van der Waals surface area contributed by atoms with E-state index in [0.717, 1.165) is 31.7 Å². The van der Waals surface area contributed by atoms with Crippen LogP contribution >= 0.6 is 11.6 Å². The quantitative estimate of drug-likeness (QED) is 0.464. The van der Waals surface area contributed by atoms with Gasteiger partial charge in [0, 0.05) is 12.5 Å². The van der Waals surface area contributed by atoms with Crippen LogP contribution in [0, 0.1) is 0 Å². The van der Waals surface area contributed by atoms with Crippen molar-refractivity contribution < 1.29 is 9.47 Å². The van der Waals surface area contributed by atoms with E-state index in [1.807, 2.05) is 20.8 Å². The maximum atomic E-state index is 5.55. The molecular weight excluding hydrogens is 200 g/mol. The van der Waals surface area contributed by atoms with Crippen LogP contribution in [0.5, 0.6) is 0 Å². The molecule has 0 saturated heterocycles. The van der Waals surface area contributed by atoms with Crippen LogP contribution in [0.25, 0.3) is 0 Å².